The number of aromatic nitrogens is 2. The van der Waals surface area contributed by atoms with Crippen LogP contribution in [0.5, 0.6) is 5.75 Å². The molecule has 1 heterocycles. The first kappa shape index (κ1) is 19.6. The molecule has 1 amide bonds. The Balaban J connectivity index is 1.84. The van der Waals surface area contributed by atoms with Gasteiger partial charge in [0, 0.05) is 12.4 Å². The highest BCUT2D eigenvalue weighted by atomic mass is 16.5. The number of nitrogens with zero attached hydrogens (tertiary/aromatic N) is 2. The fourth-order valence-electron chi connectivity index (χ4n) is 3.11. The molecule has 0 spiro atoms. The summed E-state index contributed by atoms with van der Waals surface area (Å²) in [5, 5.41) is 17.9. The molecule has 0 radical (unpaired) electrons. The number of amides is 1. The Labute approximate surface area is 162 Å². The molecule has 0 saturated carbocycles. The van der Waals surface area contributed by atoms with Crippen LogP contribution in [0.15, 0.2) is 47.3 Å². The van der Waals surface area contributed by atoms with Crippen LogP contribution >= 0.6 is 0 Å². The molecule has 0 aliphatic carbocycles. The largest absolute Gasteiger partial charge is 0.491 e. The van der Waals surface area contributed by atoms with Crippen molar-refractivity contribution in [3.05, 3.63) is 69.6 Å². The van der Waals surface area contributed by atoms with Crippen LogP contribution in [0.2, 0.25) is 0 Å². The van der Waals surface area contributed by atoms with Crippen molar-refractivity contribution in [1.82, 2.24) is 15.1 Å². The summed E-state index contributed by atoms with van der Waals surface area (Å²) in [6.45, 7) is 3.85. The average Bonchev–Trinajstić information content (AvgIpc) is 2.67. The van der Waals surface area contributed by atoms with E-state index < -0.39 is 12.0 Å². The average molecular weight is 381 g/mol. The van der Waals surface area contributed by atoms with Gasteiger partial charge in [-0.25, -0.2) is 4.68 Å². The third-order valence-corrected chi connectivity index (χ3v) is 4.33. The Morgan fingerprint density at radius 1 is 1.18 bits per heavy atom. The maximum Gasteiger partial charge on any atom is 0.274 e. The summed E-state index contributed by atoms with van der Waals surface area (Å²) in [6, 6.07) is 12.6. The summed E-state index contributed by atoms with van der Waals surface area (Å²) in [7, 11) is 1.50. The van der Waals surface area contributed by atoms with Gasteiger partial charge in [0.1, 0.15) is 18.5 Å². The second kappa shape index (κ2) is 8.22. The van der Waals surface area contributed by atoms with Crippen LogP contribution in [0.3, 0.4) is 0 Å². The quantitative estimate of drug-likeness (QED) is 0.679. The first-order valence-corrected chi connectivity index (χ1v) is 9.00. The Bertz CT molecular complexity index is 1050. The summed E-state index contributed by atoms with van der Waals surface area (Å²) >= 11 is 0. The van der Waals surface area contributed by atoms with Crippen molar-refractivity contribution in [3.63, 3.8) is 0 Å². The van der Waals surface area contributed by atoms with Gasteiger partial charge in [0.2, 0.25) is 0 Å². The molecule has 146 valence electrons. The van der Waals surface area contributed by atoms with Gasteiger partial charge in [-0.2, -0.15) is 5.10 Å². The van der Waals surface area contributed by atoms with Crippen molar-refractivity contribution in [1.29, 1.82) is 0 Å². The van der Waals surface area contributed by atoms with Crippen LogP contribution in [0.25, 0.3) is 10.8 Å². The molecule has 7 heteroatoms. The molecule has 0 fully saturated rings. The van der Waals surface area contributed by atoms with Gasteiger partial charge in [-0.3, -0.25) is 9.59 Å². The maximum atomic E-state index is 12.7. The van der Waals surface area contributed by atoms with E-state index in [1.54, 1.807) is 24.3 Å². The van der Waals surface area contributed by atoms with Gasteiger partial charge in [0.05, 0.1) is 11.9 Å². The number of benzene rings is 2. The Morgan fingerprint density at radius 3 is 2.46 bits per heavy atom. The SMILES string of the molecule is CNC(=O)c1nn(CC(O)COc2cc(C)cc(C)c2)c(=O)c2ccccc12. The number of aliphatic hydroxyl groups is 1. The van der Waals surface area contributed by atoms with Gasteiger partial charge < -0.3 is 15.2 Å². The van der Waals surface area contributed by atoms with E-state index in [1.165, 1.54) is 7.05 Å². The van der Waals surface area contributed by atoms with Crippen LogP contribution in [-0.2, 0) is 6.54 Å². The van der Waals surface area contributed by atoms with Crippen LogP contribution in [0.4, 0.5) is 0 Å². The lowest BCUT2D eigenvalue weighted by atomic mass is 10.1. The second-order valence-corrected chi connectivity index (χ2v) is 6.75. The molecule has 1 unspecified atom stereocenters. The van der Waals surface area contributed by atoms with E-state index in [1.807, 2.05) is 32.0 Å². The van der Waals surface area contributed by atoms with E-state index in [4.69, 9.17) is 4.74 Å². The molecule has 3 rings (SSSR count). The van der Waals surface area contributed by atoms with Gasteiger partial charge in [-0.1, -0.05) is 24.3 Å². The number of aliphatic hydroxyl groups excluding tert-OH is 1. The van der Waals surface area contributed by atoms with E-state index >= 15 is 0 Å². The predicted molar refractivity (Wildman–Crippen MR) is 107 cm³/mol. The van der Waals surface area contributed by atoms with E-state index in [-0.39, 0.29) is 24.4 Å². The van der Waals surface area contributed by atoms with Crippen molar-refractivity contribution in [3.8, 4) is 5.75 Å². The number of rotatable bonds is 6. The van der Waals surface area contributed by atoms with Crippen LogP contribution in [0, 0.1) is 13.8 Å². The smallest absolute Gasteiger partial charge is 0.274 e. The zero-order valence-corrected chi connectivity index (χ0v) is 16.1. The molecule has 2 aromatic carbocycles. The number of fused-ring (bicyclic) bond motifs is 1. The monoisotopic (exact) mass is 381 g/mol. The zero-order chi connectivity index (χ0) is 20.3. The van der Waals surface area contributed by atoms with Crippen LogP contribution in [0.1, 0.15) is 21.6 Å². The molecular weight excluding hydrogens is 358 g/mol. The molecule has 1 atom stereocenters. The number of aryl methyl sites for hydroxylation is 2. The lowest BCUT2D eigenvalue weighted by Crippen LogP contribution is -2.34. The number of carbonyl (C=O) groups excluding carboxylic acids is 1. The number of ether oxygens (including phenoxy) is 1. The van der Waals surface area contributed by atoms with Crippen molar-refractivity contribution in [2.45, 2.75) is 26.5 Å². The minimum absolute atomic E-state index is 0.000846. The molecule has 0 aliphatic heterocycles. The van der Waals surface area contributed by atoms with Crippen LogP contribution < -0.4 is 15.6 Å². The molecule has 0 aliphatic rings. The Morgan fingerprint density at radius 2 is 1.82 bits per heavy atom. The van der Waals surface area contributed by atoms with Crippen LogP contribution in [-0.4, -0.2) is 40.6 Å². The maximum absolute atomic E-state index is 12.7. The van der Waals surface area contributed by atoms with Crippen molar-refractivity contribution in [2.75, 3.05) is 13.7 Å². The Hall–Kier alpha value is -3.19. The van der Waals surface area contributed by atoms with Gasteiger partial charge in [-0.05, 0) is 43.2 Å². The minimum atomic E-state index is -0.968. The minimum Gasteiger partial charge on any atom is -0.491 e. The van der Waals surface area contributed by atoms with Gasteiger partial charge in [-0.15, -0.1) is 0 Å². The first-order chi connectivity index (χ1) is 13.4. The summed E-state index contributed by atoms with van der Waals surface area (Å²) in [6.07, 6.45) is -0.968. The summed E-state index contributed by atoms with van der Waals surface area (Å²) in [5.41, 5.74) is 1.90. The number of nitrogens with one attached hydrogen (secondary N) is 1. The molecule has 7 nitrogen and oxygen atoms in total. The highest BCUT2D eigenvalue weighted by Gasteiger charge is 2.17. The van der Waals surface area contributed by atoms with Gasteiger partial charge in [0.25, 0.3) is 11.5 Å². The summed E-state index contributed by atoms with van der Waals surface area (Å²) in [5.74, 6) is 0.257. The zero-order valence-electron chi connectivity index (χ0n) is 16.1. The highest BCUT2D eigenvalue weighted by molar-refractivity contribution is 6.04. The molecule has 0 saturated heterocycles. The number of carbonyl (C=O) groups is 1. The van der Waals surface area contributed by atoms with Crippen molar-refractivity contribution >= 4 is 16.7 Å². The lowest BCUT2D eigenvalue weighted by Gasteiger charge is -2.15. The van der Waals surface area contributed by atoms with E-state index in [0.29, 0.717) is 16.5 Å². The predicted octanol–water partition coefficient (Wildman–Crippen LogP) is 1.81. The summed E-state index contributed by atoms with van der Waals surface area (Å²) < 4.78 is 6.77. The third kappa shape index (κ3) is 4.20. The molecule has 2 N–H and O–H groups in total. The normalized spacial score (nSPS) is 12.0. The molecule has 0 bridgehead atoms. The molecular formula is C21H23N3O4. The van der Waals surface area contributed by atoms with Gasteiger partial charge in [0.15, 0.2) is 5.69 Å². The molecule has 28 heavy (non-hydrogen) atoms. The summed E-state index contributed by atoms with van der Waals surface area (Å²) in [4.78, 5) is 24.9. The first-order valence-electron chi connectivity index (χ1n) is 9.00. The fourth-order valence-corrected chi connectivity index (χ4v) is 3.11. The lowest BCUT2D eigenvalue weighted by molar-refractivity contribution is 0.0866. The van der Waals surface area contributed by atoms with E-state index in [2.05, 4.69) is 10.4 Å². The number of hydrogen-bond donors (Lipinski definition) is 2. The third-order valence-electron chi connectivity index (χ3n) is 4.33. The van der Waals surface area contributed by atoms with Crippen molar-refractivity contribution in [2.24, 2.45) is 0 Å². The van der Waals surface area contributed by atoms with Gasteiger partial charge >= 0.3 is 0 Å². The highest BCUT2D eigenvalue weighted by Crippen LogP contribution is 2.17. The fraction of sp³-hybridized carbons (Fsp3) is 0.286. The standard InChI is InChI=1S/C21H23N3O4/c1-13-8-14(2)10-16(9-13)28-12-15(25)11-24-21(27)18-7-5-4-6-17(18)19(23-24)20(26)22-3/h4-10,15,25H,11-12H2,1-3H3,(H,22,26). The molecule has 1 aromatic heterocycles. The topological polar surface area (TPSA) is 93.5 Å². The van der Waals surface area contributed by atoms with E-state index in [0.717, 1.165) is 15.8 Å². The van der Waals surface area contributed by atoms with Crippen molar-refractivity contribution < 1.29 is 14.6 Å². The Kier molecular flexibility index (Phi) is 5.75. The van der Waals surface area contributed by atoms with E-state index in [9.17, 15) is 14.7 Å². The second-order valence-electron chi connectivity index (χ2n) is 6.75. The number of hydrogen-bond acceptors (Lipinski definition) is 5. The molecule has 3 aromatic rings.